The van der Waals surface area contributed by atoms with Crippen LogP contribution in [0.2, 0.25) is 0 Å². The van der Waals surface area contributed by atoms with E-state index in [1.54, 1.807) is 35.2 Å². The van der Waals surface area contributed by atoms with Gasteiger partial charge in [0.2, 0.25) is 21.8 Å². The maximum atomic E-state index is 13.2. The molecule has 180 valence electrons. The molecule has 2 aromatic rings. The fraction of sp³-hybridized carbons (Fsp3) is 0.440. The standard InChI is InChI=1S/C25H35N3O4S/c1-4-18-26-25(30)23(5-2)28(20-21-13-8-6-9-14-21)24(29)17-12-19-27(3)33(31,32)22-15-10-7-11-16-22/h6-11,13-16,23H,4-5,12,17-20H2,1-3H3,(H,26,30). The van der Waals surface area contributed by atoms with Crippen molar-refractivity contribution in [3.63, 3.8) is 0 Å². The molecule has 2 aromatic carbocycles. The molecule has 0 fully saturated rings. The maximum absolute atomic E-state index is 13.2. The molecule has 2 rings (SSSR count). The van der Waals surface area contributed by atoms with Crippen LogP contribution in [0.1, 0.15) is 45.1 Å². The second kappa shape index (κ2) is 13.1. The predicted octanol–water partition coefficient (Wildman–Crippen LogP) is 3.42. The minimum Gasteiger partial charge on any atom is -0.354 e. The number of carbonyl (C=O) groups is 2. The first-order chi connectivity index (χ1) is 15.8. The summed E-state index contributed by atoms with van der Waals surface area (Å²) in [5, 5.41) is 2.90. The highest BCUT2D eigenvalue weighted by Crippen LogP contribution is 2.17. The van der Waals surface area contributed by atoms with E-state index in [9.17, 15) is 18.0 Å². The van der Waals surface area contributed by atoms with Crippen molar-refractivity contribution < 1.29 is 18.0 Å². The summed E-state index contributed by atoms with van der Waals surface area (Å²) in [7, 11) is -2.09. The minimum absolute atomic E-state index is 0.152. The van der Waals surface area contributed by atoms with Crippen molar-refractivity contribution in [1.82, 2.24) is 14.5 Å². The van der Waals surface area contributed by atoms with Gasteiger partial charge in [0.15, 0.2) is 0 Å². The van der Waals surface area contributed by atoms with E-state index in [-0.39, 0.29) is 29.7 Å². The Hall–Kier alpha value is -2.71. The lowest BCUT2D eigenvalue weighted by atomic mass is 10.1. The number of nitrogens with one attached hydrogen (secondary N) is 1. The second-order valence-corrected chi connectivity index (χ2v) is 10.0. The first-order valence-electron chi connectivity index (χ1n) is 11.4. The summed E-state index contributed by atoms with van der Waals surface area (Å²) in [4.78, 5) is 27.8. The molecule has 0 aliphatic rings. The Balaban J connectivity index is 2.08. The van der Waals surface area contributed by atoms with Crippen molar-refractivity contribution >= 4 is 21.8 Å². The van der Waals surface area contributed by atoms with Gasteiger partial charge in [0, 0.05) is 33.1 Å². The van der Waals surface area contributed by atoms with E-state index in [1.807, 2.05) is 44.2 Å². The maximum Gasteiger partial charge on any atom is 0.242 e. The van der Waals surface area contributed by atoms with Crippen molar-refractivity contribution in [1.29, 1.82) is 0 Å². The van der Waals surface area contributed by atoms with E-state index in [0.717, 1.165) is 12.0 Å². The van der Waals surface area contributed by atoms with Crippen molar-refractivity contribution in [3.05, 3.63) is 66.2 Å². The molecule has 33 heavy (non-hydrogen) atoms. The monoisotopic (exact) mass is 473 g/mol. The number of carbonyl (C=O) groups excluding carboxylic acids is 2. The lowest BCUT2D eigenvalue weighted by molar-refractivity contribution is -0.141. The van der Waals surface area contributed by atoms with Crippen LogP contribution in [0.15, 0.2) is 65.6 Å². The molecular formula is C25H35N3O4S. The van der Waals surface area contributed by atoms with Crippen LogP contribution in [-0.2, 0) is 26.2 Å². The van der Waals surface area contributed by atoms with Gasteiger partial charge < -0.3 is 10.2 Å². The molecule has 0 heterocycles. The summed E-state index contributed by atoms with van der Waals surface area (Å²) in [5.74, 6) is -0.324. The normalized spacial score (nSPS) is 12.4. The van der Waals surface area contributed by atoms with E-state index in [0.29, 0.717) is 25.9 Å². The average molecular weight is 474 g/mol. The van der Waals surface area contributed by atoms with Gasteiger partial charge in [-0.05, 0) is 37.0 Å². The molecule has 0 saturated heterocycles. The summed E-state index contributed by atoms with van der Waals surface area (Å²) in [6, 6.07) is 17.2. The molecule has 8 heteroatoms. The van der Waals surface area contributed by atoms with E-state index in [1.165, 1.54) is 11.4 Å². The molecule has 1 atom stereocenters. The Kier molecular flexibility index (Phi) is 10.5. The summed E-state index contributed by atoms with van der Waals surface area (Å²) < 4.78 is 26.7. The van der Waals surface area contributed by atoms with Crippen LogP contribution in [-0.4, -0.2) is 55.6 Å². The number of benzene rings is 2. The third-order valence-electron chi connectivity index (χ3n) is 5.45. The number of rotatable bonds is 13. The van der Waals surface area contributed by atoms with E-state index < -0.39 is 16.1 Å². The van der Waals surface area contributed by atoms with E-state index in [4.69, 9.17) is 0 Å². The number of sulfonamides is 1. The van der Waals surface area contributed by atoms with Gasteiger partial charge in [-0.3, -0.25) is 9.59 Å². The van der Waals surface area contributed by atoms with E-state index >= 15 is 0 Å². The zero-order valence-corrected chi connectivity index (χ0v) is 20.6. The summed E-state index contributed by atoms with van der Waals surface area (Å²) in [5.41, 5.74) is 0.941. The highest BCUT2D eigenvalue weighted by Gasteiger charge is 2.28. The van der Waals surface area contributed by atoms with Crippen molar-refractivity contribution in [3.8, 4) is 0 Å². The van der Waals surface area contributed by atoms with Crippen molar-refractivity contribution in [2.75, 3.05) is 20.1 Å². The van der Waals surface area contributed by atoms with Gasteiger partial charge in [-0.15, -0.1) is 0 Å². The van der Waals surface area contributed by atoms with Crippen LogP contribution >= 0.6 is 0 Å². The molecule has 0 aliphatic carbocycles. The zero-order chi connectivity index (χ0) is 24.3. The van der Waals surface area contributed by atoms with Crippen LogP contribution in [0.3, 0.4) is 0 Å². The average Bonchev–Trinajstić information content (AvgIpc) is 2.83. The fourth-order valence-corrected chi connectivity index (χ4v) is 4.79. The molecule has 0 bridgehead atoms. The molecule has 0 aromatic heterocycles. The van der Waals surface area contributed by atoms with Crippen LogP contribution < -0.4 is 5.32 Å². The van der Waals surface area contributed by atoms with Gasteiger partial charge in [0.05, 0.1) is 4.90 Å². The first-order valence-corrected chi connectivity index (χ1v) is 12.9. The molecule has 2 amide bonds. The van der Waals surface area contributed by atoms with Gasteiger partial charge in [0.25, 0.3) is 0 Å². The second-order valence-electron chi connectivity index (χ2n) is 7.97. The topological polar surface area (TPSA) is 86.8 Å². The molecule has 0 spiro atoms. The third-order valence-corrected chi connectivity index (χ3v) is 7.32. The summed E-state index contributed by atoms with van der Waals surface area (Å²) >= 11 is 0. The van der Waals surface area contributed by atoms with Crippen LogP contribution in [0.25, 0.3) is 0 Å². The first kappa shape index (κ1) is 26.5. The van der Waals surface area contributed by atoms with Crippen LogP contribution in [0.4, 0.5) is 0 Å². The number of nitrogens with zero attached hydrogens (tertiary/aromatic N) is 2. The number of hydrogen-bond donors (Lipinski definition) is 1. The molecule has 7 nitrogen and oxygen atoms in total. The Morgan fingerprint density at radius 1 is 0.970 bits per heavy atom. The van der Waals surface area contributed by atoms with Gasteiger partial charge >= 0.3 is 0 Å². The van der Waals surface area contributed by atoms with Gasteiger partial charge in [-0.2, -0.15) is 0 Å². The molecule has 0 saturated carbocycles. The van der Waals surface area contributed by atoms with Crippen molar-refractivity contribution in [2.45, 2.75) is 57.0 Å². The van der Waals surface area contributed by atoms with E-state index in [2.05, 4.69) is 5.32 Å². The van der Waals surface area contributed by atoms with Gasteiger partial charge in [-0.1, -0.05) is 62.4 Å². The quantitative estimate of drug-likeness (QED) is 0.483. The molecule has 0 radical (unpaired) electrons. The number of hydrogen-bond acceptors (Lipinski definition) is 4. The zero-order valence-electron chi connectivity index (χ0n) is 19.7. The van der Waals surface area contributed by atoms with Gasteiger partial charge in [0.1, 0.15) is 6.04 Å². The van der Waals surface area contributed by atoms with Crippen LogP contribution in [0.5, 0.6) is 0 Å². The Morgan fingerprint density at radius 3 is 2.15 bits per heavy atom. The molecular weight excluding hydrogens is 438 g/mol. The Morgan fingerprint density at radius 2 is 1.58 bits per heavy atom. The third kappa shape index (κ3) is 7.68. The lowest BCUT2D eigenvalue weighted by Gasteiger charge is -2.31. The lowest BCUT2D eigenvalue weighted by Crippen LogP contribution is -2.49. The molecule has 0 aliphatic heterocycles. The fourth-order valence-electron chi connectivity index (χ4n) is 3.55. The summed E-state index contributed by atoms with van der Waals surface area (Å²) in [6.45, 7) is 4.97. The molecule has 1 N–H and O–H groups in total. The minimum atomic E-state index is -3.61. The van der Waals surface area contributed by atoms with Crippen LogP contribution in [0, 0.1) is 0 Å². The summed E-state index contributed by atoms with van der Waals surface area (Å²) in [6.07, 6.45) is 1.83. The predicted molar refractivity (Wildman–Crippen MR) is 130 cm³/mol. The molecule has 1 unspecified atom stereocenters. The smallest absolute Gasteiger partial charge is 0.242 e. The number of amides is 2. The Bertz CT molecular complexity index is 981. The highest BCUT2D eigenvalue weighted by atomic mass is 32.2. The van der Waals surface area contributed by atoms with Gasteiger partial charge in [-0.25, -0.2) is 12.7 Å². The Labute approximate surface area is 197 Å². The SMILES string of the molecule is CCCNC(=O)C(CC)N(Cc1ccccc1)C(=O)CCCN(C)S(=O)(=O)c1ccccc1. The highest BCUT2D eigenvalue weighted by molar-refractivity contribution is 7.89. The largest absolute Gasteiger partial charge is 0.354 e. The van der Waals surface area contributed by atoms with Crippen molar-refractivity contribution in [2.24, 2.45) is 0 Å².